The molecule has 0 aliphatic heterocycles. The fourth-order valence-corrected chi connectivity index (χ4v) is 2.32. The Labute approximate surface area is 113 Å². The molecule has 0 saturated carbocycles. The summed E-state index contributed by atoms with van der Waals surface area (Å²) in [6, 6.07) is 3.71. The number of thiophene rings is 1. The van der Waals surface area contributed by atoms with Crippen molar-refractivity contribution in [2.45, 2.75) is 39.3 Å². The number of carbonyl (C=O) groups excluding carboxylic acids is 1. The quantitative estimate of drug-likeness (QED) is 0.868. The molecule has 0 spiro atoms. The van der Waals surface area contributed by atoms with Gasteiger partial charge in [-0.3, -0.25) is 4.79 Å². The first-order chi connectivity index (χ1) is 7.69. The molecule has 1 aromatic heterocycles. The summed E-state index contributed by atoms with van der Waals surface area (Å²) < 4.78 is 0. The van der Waals surface area contributed by atoms with Crippen LogP contribution in [0.1, 0.15) is 31.6 Å². The van der Waals surface area contributed by atoms with Gasteiger partial charge in [-0.25, -0.2) is 0 Å². The molecule has 1 aromatic rings. The molecule has 0 saturated heterocycles. The minimum atomic E-state index is -0.343. The van der Waals surface area contributed by atoms with Gasteiger partial charge in [-0.15, -0.1) is 23.7 Å². The Morgan fingerprint density at radius 2 is 2.24 bits per heavy atom. The number of hydrogen-bond donors (Lipinski definition) is 1. The lowest BCUT2D eigenvalue weighted by Gasteiger charge is -2.23. The molecule has 0 aliphatic rings. The Bertz CT molecular complexity index is 316. The van der Waals surface area contributed by atoms with E-state index in [1.54, 1.807) is 11.3 Å². The number of hydrogen-bond acceptors (Lipinski definition) is 3. The normalized spacial score (nSPS) is 11.7. The lowest BCUT2D eigenvalue weighted by molar-refractivity contribution is -0.133. The maximum Gasteiger partial charge on any atom is 0.239 e. The molecule has 0 fully saturated rings. The Hall–Kier alpha value is -0.580. The number of amides is 1. The van der Waals surface area contributed by atoms with Gasteiger partial charge in [0.25, 0.3) is 0 Å². The van der Waals surface area contributed by atoms with Crippen molar-refractivity contribution >= 4 is 29.7 Å². The molecule has 98 valence electrons. The van der Waals surface area contributed by atoms with Gasteiger partial charge in [-0.05, 0) is 24.8 Å². The fraction of sp³-hybridized carbons (Fsp3) is 0.583. The van der Waals surface area contributed by atoms with Gasteiger partial charge < -0.3 is 10.6 Å². The van der Waals surface area contributed by atoms with Crippen molar-refractivity contribution in [1.82, 2.24) is 4.90 Å². The van der Waals surface area contributed by atoms with Gasteiger partial charge in [-0.1, -0.05) is 19.4 Å². The zero-order chi connectivity index (χ0) is 12.0. The van der Waals surface area contributed by atoms with Crippen molar-refractivity contribution in [3.63, 3.8) is 0 Å². The van der Waals surface area contributed by atoms with Gasteiger partial charge in [0.1, 0.15) is 0 Å². The molecule has 0 aliphatic carbocycles. The molecule has 1 unspecified atom stereocenters. The van der Waals surface area contributed by atoms with Gasteiger partial charge in [-0.2, -0.15) is 0 Å². The van der Waals surface area contributed by atoms with Crippen LogP contribution in [-0.4, -0.2) is 23.4 Å². The topological polar surface area (TPSA) is 46.3 Å². The molecule has 17 heavy (non-hydrogen) atoms. The first-order valence-corrected chi connectivity index (χ1v) is 6.63. The summed E-state index contributed by atoms with van der Waals surface area (Å²) in [6.07, 6.45) is 1.71. The van der Waals surface area contributed by atoms with E-state index in [0.29, 0.717) is 13.1 Å². The summed E-state index contributed by atoms with van der Waals surface area (Å²) in [5, 5.41) is 2.03. The minimum Gasteiger partial charge on any atom is -0.336 e. The van der Waals surface area contributed by atoms with Crippen molar-refractivity contribution in [2.24, 2.45) is 5.73 Å². The van der Waals surface area contributed by atoms with E-state index >= 15 is 0 Å². The van der Waals surface area contributed by atoms with Crippen molar-refractivity contribution in [2.75, 3.05) is 6.54 Å². The molecule has 1 amide bonds. The van der Waals surface area contributed by atoms with Crippen LogP contribution in [0.3, 0.4) is 0 Å². The van der Waals surface area contributed by atoms with Crippen molar-refractivity contribution in [1.29, 1.82) is 0 Å². The molecule has 1 heterocycles. The second-order valence-corrected chi connectivity index (χ2v) is 4.86. The smallest absolute Gasteiger partial charge is 0.239 e. The second kappa shape index (κ2) is 8.50. The number of nitrogens with two attached hydrogens (primary N) is 1. The number of likely N-dealkylation sites (N-methyl/N-ethyl adjacent to an activating group) is 1. The summed E-state index contributed by atoms with van der Waals surface area (Å²) in [4.78, 5) is 15.0. The second-order valence-electron chi connectivity index (χ2n) is 3.83. The Morgan fingerprint density at radius 3 is 2.71 bits per heavy atom. The van der Waals surface area contributed by atoms with Crippen LogP contribution in [0.25, 0.3) is 0 Å². The summed E-state index contributed by atoms with van der Waals surface area (Å²) in [5.41, 5.74) is 5.85. The van der Waals surface area contributed by atoms with Gasteiger partial charge in [0.15, 0.2) is 0 Å². The Balaban J connectivity index is 0.00000256. The first kappa shape index (κ1) is 16.4. The number of rotatable bonds is 6. The van der Waals surface area contributed by atoms with Gasteiger partial charge in [0.2, 0.25) is 5.91 Å². The SMILES string of the molecule is CCCC(N)C(=O)N(CC)Cc1cccs1.Cl. The van der Waals surface area contributed by atoms with E-state index in [4.69, 9.17) is 5.73 Å². The zero-order valence-corrected chi connectivity index (χ0v) is 12.0. The lowest BCUT2D eigenvalue weighted by Crippen LogP contribution is -2.43. The summed E-state index contributed by atoms with van der Waals surface area (Å²) in [6.45, 7) is 5.44. The highest BCUT2D eigenvalue weighted by Gasteiger charge is 2.19. The van der Waals surface area contributed by atoms with Crippen LogP contribution in [-0.2, 0) is 11.3 Å². The van der Waals surface area contributed by atoms with Gasteiger partial charge >= 0.3 is 0 Å². The van der Waals surface area contributed by atoms with E-state index in [1.807, 2.05) is 36.3 Å². The third-order valence-corrected chi connectivity index (χ3v) is 3.40. The molecular formula is C12H21ClN2OS. The van der Waals surface area contributed by atoms with Crippen LogP contribution in [0.15, 0.2) is 17.5 Å². The van der Waals surface area contributed by atoms with Crippen LogP contribution >= 0.6 is 23.7 Å². The standard InChI is InChI=1S/C12H20N2OS.ClH/c1-3-6-11(13)12(15)14(4-2)9-10-7-5-8-16-10;/h5,7-8,11H,3-4,6,9,13H2,1-2H3;1H. The highest BCUT2D eigenvalue weighted by Crippen LogP contribution is 2.12. The maximum absolute atomic E-state index is 12.0. The third-order valence-electron chi connectivity index (χ3n) is 2.54. The highest BCUT2D eigenvalue weighted by molar-refractivity contribution is 7.09. The van der Waals surface area contributed by atoms with Crippen LogP contribution in [0.5, 0.6) is 0 Å². The molecule has 5 heteroatoms. The van der Waals surface area contributed by atoms with Crippen molar-refractivity contribution in [3.05, 3.63) is 22.4 Å². The van der Waals surface area contributed by atoms with Crippen molar-refractivity contribution in [3.8, 4) is 0 Å². The molecule has 0 bridgehead atoms. The maximum atomic E-state index is 12.0. The van der Waals surface area contributed by atoms with Gasteiger partial charge in [0.05, 0.1) is 12.6 Å². The zero-order valence-electron chi connectivity index (χ0n) is 10.4. The number of halogens is 1. The van der Waals surface area contributed by atoms with E-state index in [1.165, 1.54) is 4.88 Å². The van der Waals surface area contributed by atoms with E-state index in [-0.39, 0.29) is 24.4 Å². The molecule has 1 atom stereocenters. The average molecular weight is 277 g/mol. The van der Waals surface area contributed by atoms with E-state index in [2.05, 4.69) is 0 Å². The summed E-state index contributed by atoms with van der Waals surface area (Å²) >= 11 is 1.67. The molecule has 0 radical (unpaired) electrons. The molecule has 0 aromatic carbocycles. The fourth-order valence-electron chi connectivity index (χ4n) is 1.61. The molecule has 1 rings (SSSR count). The Morgan fingerprint density at radius 1 is 1.53 bits per heavy atom. The van der Waals surface area contributed by atoms with E-state index in [9.17, 15) is 4.79 Å². The van der Waals surface area contributed by atoms with Gasteiger partial charge in [0, 0.05) is 11.4 Å². The lowest BCUT2D eigenvalue weighted by atomic mass is 10.1. The largest absolute Gasteiger partial charge is 0.336 e. The average Bonchev–Trinajstić information content (AvgIpc) is 2.78. The Kier molecular flexibility index (Phi) is 8.21. The summed E-state index contributed by atoms with van der Waals surface area (Å²) in [7, 11) is 0. The van der Waals surface area contributed by atoms with Crippen LogP contribution in [0, 0.1) is 0 Å². The first-order valence-electron chi connectivity index (χ1n) is 5.75. The monoisotopic (exact) mass is 276 g/mol. The minimum absolute atomic E-state index is 0. The van der Waals surface area contributed by atoms with Crippen LogP contribution in [0.4, 0.5) is 0 Å². The van der Waals surface area contributed by atoms with Crippen LogP contribution < -0.4 is 5.73 Å². The van der Waals surface area contributed by atoms with Crippen molar-refractivity contribution < 1.29 is 4.79 Å². The van der Waals surface area contributed by atoms with E-state index < -0.39 is 0 Å². The summed E-state index contributed by atoms with van der Waals surface area (Å²) in [5.74, 6) is 0.0674. The highest BCUT2D eigenvalue weighted by atomic mass is 35.5. The molecular weight excluding hydrogens is 256 g/mol. The molecule has 2 N–H and O–H groups in total. The molecule has 3 nitrogen and oxygen atoms in total. The van der Waals surface area contributed by atoms with Crippen LogP contribution in [0.2, 0.25) is 0 Å². The predicted molar refractivity (Wildman–Crippen MR) is 75.5 cm³/mol. The third kappa shape index (κ3) is 5.06. The van der Waals surface area contributed by atoms with E-state index in [0.717, 1.165) is 12.8 Å². The number of carbonyl (C=O) groups is 1. The number of nitrogens with zero attached hydrogens (tertiary/aromatic N) is 1. The predicted octanol–water partition coefficient (Wildman–Crippen LogP) is 2.65.